The predicted molar refractivity (Wildman–Crippen MR) is 102 cm³/mol. The summed E-state index contributed by atoms with van der Waals surface area (Å²) in [6.45, 7) is 1.77. The zero-order valence-electron chi connectivity index (χ0n) is 13.0. The average molecular weight is 510 g/mol. The van der Waals surface area contributed by atoms with Crippen molar-refractivity contribution >= 4 is 51.5 Å². The van der Waals surface area contributed by atoms with E-state index in [1.165, 1.54) is 48.5 Å². The van der Waals surface area contributed by atoms with Crippen LogP contribution in [0, 0.1) is 0 Å². The van der Waals surface area contributed by atoms with E-state index in [9.17, 15) is 16.8 Å². The second-order valence-electron chi connectivity index (χ2n) is 4.81. The molecular weight excluding hydrogens is 496 g/mol. The highest BCUT2D eigenvalue weighted by Gasteiger charge is 2.34. The Bertz CT molecular complexity index is 900. The Balaban J connectivity index is 2.63. The van der Waals surface area contributed by atoms with Crippen molar-refractivity contribution in [3.63, 3.8) is 0 Å². The van der Waals surface area contributed by atoms with E-state index in [1.54, 1.807) is 6.92 Å². The highest BCUT2D eigenvalue weighted by molar-refractivity contribution is 9.10. The van der Waals surface area contributed by atoms with Crippen molar-refractivity contribution in [1.82, 2.24) is 0 Å². The fourth-order valence-corrected chi connectivity index (χ4v) is 5.99. The molecule has 0 aromatic heterocycles. The van der Waals surface area contributed by atoms with Crippen LogP contribution in [0.15, 0.2) is 77.8 Å². The molecule has 0 N–H and O–H groups in total. The number of benzene rings is 2. The van der Waals surface area contributed by atoms with Gasteiger partial charge in [-0.25, -0.2) is 16.8 Å². The van der Waals surface area contributed by atoms with Crippen molar-refractivity contribution in [2.45, 2.75) is 16.7 Å². The maximum Gasteiger partial charge on any atom is 0.221 e. The van der Waals surface area contributed by atoms with Crippen molar-refractivity contribution in [2.75, 3.05) is 6.61 Å². The summed E-state index contributed by atoms with van der Waals surface area (Å²) in [6, 6.07) is 11.4. The molecule has 0 spiro atoms. The molecule has 2 aromatic carbocycles. The number of hydrogen-bond acceptors (Lipinski definition) is 5. The van der Waals surface area contributed by atoms with Crippen LogP contribution in [0.2, 0.25) is 0 Å². The summed E-state index contributed by atoms with van der Waals surface area (Å²) < 4.78 is 57.1. The molecule has 25 heavy (non-hydrogen) atoms. The van der Waals surface area contributed by atoms with Gasteiger partial charge in [-0.05, 0) is 55.5 Å². The predicted octanol–water partition coefficient (Wildman–Crippen LogP) is 4.29. The second-order valence-corrected chi connectivity index (χ2v) is 10.7. The molecule has 0 aliphatic rings. The first-order valence-corrected chi connectivity index (χ1v) is 11.6. The van der Waals surface area contributed by atoms with Crippen molar-refractivity contribution in [3.05, 3.63) is 68.0 Å². The highest BCUT2D eigenvalue weighted by Crippen LogP contribution is 2.30. The molecule has 0 atom stereocenters. The monoisotopic (exact) mass is 508 g/mol. The van der Waals surface area contributed by atoms with E-state index >= 15 is 0 Å². The molecule has 0 aliphatic heterocycles. The third-order valence-corrected chi connectivity index (χ3v) is 8.54. The topological polar surface area (TPSA) is 77.5 Å². The van der Waals surface area contributed by atoms with Crippen molar-refractivity contribution in [1.29, 1.82) is 0 Å². The molecule has 134 valence electrons. The van der Waals surface area contributed by atoms with E-state index in [0.29, 0.717) is 8.95 Å². The maximum atomic E-state index is 12.9. The van der Waals surface area contributed by atoms with Gasteiger partial charge in [0.15, 0.2) is 0 Å². The van der Waals surface area contributed by atoms with E-state index in [-0.39, 0.29) is 16.4 Å². The average Bonchev–Trinajstić information content (AvgIpc) is 2.55. The first-order chi connectivity index (χ1) is 11.7. The standard InChI is InChI=1S/C16H14Br2O5S2/c1-2-23-11-16(24(19,20)14-7-3-12(17)4-8-14)25(21,22)15-9-5-13(18)6-10-15/h3-11H,2H2,1H3. The molecule has 2 rings (SSSR count). The summed E-state index contributed by atoms with van der Waals surface area (Å²) in [5.41, 5.74) is 0. The quantitative estimate of drug-likeness (QED) is 0.542. The fraction of sp³-hybridized carbons (Fsp3) is 0.125. The van der Waals surface area contributed by atoms with Gasteiger partial charge in [0.25, 0.3) is 0 Å². The number of sulfone groups is 2. The van der Waals surface area contributed by atoms with Crippen LogP contribution in [-0.2, 0) is 24.4 Å². The molecule has 0 aliphatic carbocycles. The Labute approximate surface area is 163 Å². The van der Waals surface area contributed by atoms with Gasteiger partial charge in [-0.15, -0.1) is 0 Å². The molecule has 0 saturated heterocycles. The molecule has 0 unspecified atom stereocenters. The van der Waals surface area contributed by atoms with E-state index in [2.05, 4.69) is 31.9 Å². The molecular formula is C16H14Br2O5S2. The van der Waals surface area contributed by atoms with Crippen LogP contribution in [0.25, 0.3) is 0 Å². The maximum absolute atomic E-state index is 12.9. The van der Waals surface area contributed by atoms with Gasteiger partial charge in [-0.1, -0.05) is 31.9 Å². The van der Waals surface area contributed by atoms with Crippen LogP contribution >= 0.6 is 31.9 Å². The Morgan fingerprint density at radius 1 is 0.840 bits per heavy atom. The van der Waals surface area contributed by atoms with E-state index in [1.807, 2.05) is 0 Å². The molecule has 0 bridgehead atoms. The van der Waals surface area contributed by atoms with E-state index in [0.717, 1.165) is 6.26 Å². The van der Waals surface area contributed by atoms with E-state index in [4.69, 9.17) is 4.74 Å². The van der Waals surface area contributed by atoms with Crippen LogP contribution in [0.1, 0.15) is 6.92 Å². The minimum Gasteiger partial charge on any atom is -0.499 e. The van der Waals surface area contributed by atoms with E-state index < -0.39 is 23.9 Å². The number of halogens is 2. The Hall–Kier alpha value is -1.16. The minimum absolute atomic E-state index is 0.134. The first kappa shape index (κ1) is 20.2. The lowest BCUT2D eigenvalue weighted by Crippen LogP contribution is -2.16. The van der Waals surface area contributed by atoms with Crippen LogP contribution in [0.3, 0.4) is 0 Å². The summed E-state index contributed by atoms with van der Waals surface area (Å²) in [4.78, 5) is -0.273. The molecule has 0 saturated carbocycles. The molecule has 0 radical (unpaired) electrons. The zero-order valence-corrected chi connectivity index (χ0v) is 17.8. The molecule has 2 aromatic rings. The van der Waals surface area contributed by atoms with Crippen LogP contribution in [0.4, 0.5) is 0 Å². The number of rotatable bonds is 6. The lowest BCUT2D eigenvalue weighted by Gasteiger charge is -2.11. The van der Waals surface area contributed by atoms with Gasteiger partial charge in [0, 0.05) is 8.95 Å². The third-order valence-electron chi connectivity index (χ3n) is 3.12. The van der Waals surface area contributed by atoms with Crippen LogP contribution in [-0.4, -0.2) is 23.4 Å². The Morgan fingerprint density at radius 3 is 1.52 bits per heavy atom. The van der Waals surface area contributed by atoms with Gasteiger partial charge in [0.1, 0.15) is 6.26 Å². The minimum atomic E-state index is -4.29. The first-order valence-electron chi connectivity index (χ1n) is 7.02. The van der Waals surface area contributed by atoms with Gasteiger partial charge >= 0.3 is 0 Å². The molecule has 0 heterocycles. The normalized spacial score (nSPS) is 11.8. The van der Waals surface area contributed by atoms with Crippen LogP contribution < -0.4 is 0 Å². The lowest BCUT2D eigenvalue weighted by atomic mass is 10.4. The Kier molecular flexibility index (Phi) is 6.47. The smallest absolute Gasteiger partial charge is 0.221 e. The van der Waals surface area contributed by atoms with Crippen molar-refractivity contribution in [3.8, 4) is 0 Å². The zero-order chi connectivity index (χ0) is 18.7. The SMILES string of the molecule is CCOC=C(S(=O)(=O)c1ccc(Br)cc1)S(=O)(=O)c1ccc(Br)cc1. The van der Waals surface area contributed by atoms with Gasteiger partial charge in [0.05, 0.1) is 16.4 Å². The summed E-state index contributed by atoms with van der Waals surface area (Å²) in [6.07, 6.45) is 0.786. The van der Waals surface area contributed by atoms with Gasteiger partial charge in [0.2, 0.25) is 23.9 Å². The molecule has 0 fully saturated rings. The number of ether oxygens (including phenoxy) is 1. The van der Waals surface area contributed by atoms with Gasteiger partial charge < -0.3 is 4.74 Å². The summed E-state index contributed by atoms with van der Waals surface area (Å²) >= 11 is 6.43. The second kappa shape index (κ2) is 8.03. The third kappa shape index (κ3) is 4.52. The van der Waals surface area contributed by atoms with Gasteiger partial charge in [-0.3, -0.25) is 0 Å². The molecule has 0 amide bonds. The van der Waals surface area contributed by atoms with Crippen LogP contribution in [0.5, 0.6) is 0 Å². The lowest BCUT2D eigenvalue weighted by molar-refractivity contribution is 0.269. The largest absolute Gasteiger partial charge is 0.499 e. The number of hydrogen-bond donors (Lipinski definition) is 0. The fourth-order valence-electron chi connectivity index (χ4n) is 1.88. The summed E-state index contributed by atoms with van der Waals surface area (Å²) in [5.74, 6) is 0. The summed E-state index contributed by atoms with van der Waals surface area (Å²) in [5, 5.41) is 0. The van der Waals surface area contributed by atoms with Crippen molar-refractivity contribution < 1.29 is 21.6 Å². The van der Waals surface area contributed by atoms with Gasteiger partial charge in [-0.2, -0.15) is 0 Å². The Morgan fingerprint density at radius 2 is 1.20 bits per heavy atom. The highest BCUT2D eigenvalue weighted by atomic mass is 79.9. The molecule has 5 nitrogen and oxygen atoms in total. The summed E-state index contributed by atoms with van der Waals surface area (Å²) in [7, 11) is -8.58. The molecule has 9 heteroatoms. The van der Waals surface area contributed by atoms with Crippen molar-refractivity contribution in [2.24, 2.45) is 0 Å².